The monoisotopic (exact) mass is 324 g/mol. The molecule has 110 valence electrons. The summed E-state index contributed by atoms with van der Waals surface area (Å²) in [7, 11) is 0. The topological polar surface area (TPSA) is 36.7 Å². The lowest BCUT2D eigenvalue weighted by Gasteiger charge is -2.36. The van der Waals surface area contributed by atoms with Gasteiger partial charge in [0.2, 0.25) is 0 Å². The fourth-order valence-electron chi connectivity index (χ4n) is 2.44. The van der Waals surface area contributed by atoms with Crippen molar-refractivity contribution >= 4 is 34.8 Å². The Morgan fingerprint density at radius 3 is 2.48 bits per heavy atom. The third kappa shape index (κ3) is 2.87. The van der Waals surface area contributed by atoms with Gasteiger partial charge in [-0.15, -0.1) is 0 Å². The van der Waals surface area contributed by atoms with Gasteiger partial charge >= 0.3 is 0 Å². The van der Waals surface area contributed by atoms with E-state index in [2.05, 4.69) is 4.90 Å². The first kappa shape index (κ1) is 14.3. The smallest absolute Gasteiger partial charge is 0.289 e. The number of amides is 1. The van der Waals surface area contributed by atoms with Crippen molar-refractivity contribution in [3.05, 3.63) is 52.4 Å². The number of anilines is 1. The zero-order valence-corrected chi connectivity index (χ0v) is 12.8. The van der Waals surface area contributed by atoms with Crippen molar-refractivity contribution in [1.29, 1.82) is 0 Å². The highest BCUT2D eigenvalue weighted by Crippen LogP contribution is 2.32. The van der Waals surface area contributed by atoms with Crippen molar-refractivity contribution in [2.75, 3.05) is 31.1 Å². The molecule has 0 aliphatic carbocycles. The largest absolute Gasteiger partial charge is 0.459 e. The highest BCUT2D eigenvalue weighted by Gasteiger charge is 2.24. The molecule has 4 nitrogen and oxygen atoms in total. The van der Waals surface area contributed by atoms with Crippen LogP contribution in [-0.2, 0) is 0 Å². The number of carbonyl (C=O) groups is 1. The molecule has 2 aromatic rings. The van der Waals surface area contributed by atoms with Gasteiger partial charge in [0.15, 0.2) is 5.76 Å². The molecular formula is C15H14Cl2N2O2. The van der Waals surface area contributed by atoms with Crippen LogP contribution in [0.5, 0.6) is 0 Å². The number of halogens is 2. The van der Waals surface area contributed by atoms with Crippen molar-refractivity contribution in [1.82, 2.24) is 4.90 Å². The van der Waals surface area contributed by atoms with Crippen LogP contribution in [0.2, 0.25) is 10.0 Å². The quantitative estimate of drug-likeness (QED) is 0.847. The molecule has 0 N–H and O–H groups in total. The number of carbonyl (C=O) groups excluding carboxylic acids is 1. The number of furan rings is 1. The Morgan fingerprint density at radius 1 is 1.05 bits per heavy atom. The molecule has 1 fully saturated rings. The maximum absolute atomic E-state index is 12.2. The molecule has 0 atom stereocenters. The van der Waals surface area contributed by atoms with Crippen LogP contribution in [0.4, 0.5) is 5.69 Å². The highest BCUT2D eigenvalue weighted by molar-refractivity contribution is 6.43. The third-order valence-corrected chi connectivity index (χ3v) is 4.38. The summed E-state index contributed by atoms with van der Waals surface area (Å²) in [5, 5.41) is 1.10. The zero-order valence-electron chi connectivity index (χ0n) is 11.3. The molecule has 6 heteroatoms. The standard InChI is InChI=1S/C15H14Cl2N2O2/c16-11-3-1-4-12(14(11)17)18-6-8-19(9-7-18)15(20)13-5-2-10-21-13/h1-5,10H,6-9H2. The van der Waals surface area contributed by atoms with Crippen LogP contribution in [0.3, 0.4) is 0 Å². The minimum Gasteiger partial charge on any atom is -0.459 e. The van der Waals surface area contributed by atoms with E-state index in [1.807, 2.05) is 12.1 Å². The first-order chi connectivity index (χ1) is 10.2. The van der Waals surface area contributed by atoms with Crippen molar-refractivity contribution in [3.63, 3.8) is 0 Å². The molecule has 0 spiro atoms. The summed E-state index contributed by atoms with van der Waals surface area (Å²) in [6.07, 6.45) is 1.51. The normalized spacial score (nSPS) is 15.3. The van der Waals surface area contributed by atoms with Gasteiger partial charge in [0.1, 0.15) is 0 Å². The molecule has 1 saturated heterocycles. The lowest BCUT2D eigenvalue weighted by Crippen LogP contribution is -2.48. The van der Waals surface area contributed by atoms with Crippen LogP contribution in [-0.4, -0.2) is 37.0 Å². The highest BCUT2D eigenvalue weighted by atomic mass is 35.5. The molecule has 0 unspecified atom stereocenters. The maximum Gasteiger partial charge on any atom is 0.289 e. The molecule has 0 bridgehead atoms. The number of piperazine rings is 1. The average molecular weight is 325 g/mol. The summed E-state index contributed by atoms with van der Waals surface area (Å²) in [5.74, 6) is 0.307. The predicted molar refractivity (Wildman–Crippen MR) is 83.3 cm³/mol. The Hall–Kier alpha value is -1.65. The summed E-state index contributed by atoms with van der Waals surface area (Å²) in [6, 6.07) is 8.99. The van der Waals surface area contributed by atoms with Crippen molar-refractivity contribution in [2.45, 2.75) is 0 Å². The van der Waals surface area contributed by atoms with Crippen LogP contribution < -0.4 is 4.90 Å². The fourth-order valence-corrected chi connectivity index (χ4v) is 2.86. The van der Waals surface area contributed by atoms with Gasteiger partial charge in [-0.25, -0.2) is 0 Å². The van der Waals surface area contributed by atoms with Crippen molar-refractivity contribution in [3.8, 4) is 0 Å². The van der Waals surface area contributed by atoms with Crippen molar-refractivity contribution in [2.24, 2.45) is 0 Å². The molecule has 1 aliphatic heterocycles. The fraction of sp³-hybridized carbons (Fsp3) is 0.267. The van der Waals surface area contributed by atoms with Crippen LogP contribution >= 0.6 is 23.2 Å². The zero-order chi connectivity index (χ0) is 14.8. The van der Waals surface area contributed by atoms with E-state index >= 15 is 0 Å². The van der Waals surface area contributed by atoms with Crippen molar-refractivity contribution < 1.29 is 9.21 Å². The number of hydrogen-bond acceptors (Lipinski definition) is 3. The summed E-state index contributed by atoms with van der Waals surface area (Å²) < 4.78 is 5.15. The Labute approximate surface area is 132 Å². The molecule has 1 aromatic carbocycles. The van der Waals surface area contributed by atoms with Gasteiger partial charge in [0, 0.05) is 26.2 Å². The number of nitrogens with zero attached hydrogens (tertiary/aromatic N) is 2. The van der Waals surface area contributed by atoms with Gasteiger partial charge in [-0.3, -0.25) is 4.79 Å². The van der Waals surface area contributed by atoms with Gasteiger partial charge in [0.25, 0.3) is 5.91 Å². The lowest BCUT2D eigenvalue weighted by molar-refractivity contribution is 0.0714. The molecule has 0 radical (unpaired) electrons. The molecule has 1 aromatic heterocycles. The molecule has 2 heterocycles. The van der Waals surface area contributed by atoms with Gasteiger partial charge in [-0.2, -0.15) is 0 Å². The molecular weight excluding hydrogens is 311 g/mol. The number of rotatable bonds is 2. The molecule has 21 heavy (non-hydrogen) atoms. The summed E-state index contributed by atoms with van der Waals surface area (Å²) in [4.78, 5) is 16.1. The van der Waals surface area contributed by atoms with Crippen LogP contribution in [0.25, 0.3) is 0 Å². The summed E-state index contributed by atoms with van der Waals surface area (Å²) >= 11 is 12.3. The van der Waals surface area contributed by atoms with Gasteiger partial charge in [0.05, 0.1) is 22.0 Å². The van der Waals surface area contributed by atoms with Gasteiger partial charge in [-0.1, -0.05) is 29.3 Å². The number of hydrogen-bond donors (Lipinski definition) is 0. The van der Waals surface area contributed by atoms with Crippen LogP contribution in [0.1, 0.15) is 10.6 Å². The van der Waals surface area contributed by atoms with Gasteiger partial charge in [-0.05, 0) is 24.3 Å². The van der Waals surface area contributed by atoms with Crippen LogP contribution in [0.15, 0.2) is 41.0 Å². The third-order valence-electron chi connectivity index (χ3n) is 3.57. The molecule has 3 rings (SSSR count). The van der Waals surface area contributed by atoms with E-state index in [1.165, 1.54) is 6.26 Å². The second-order valence-electron chi connectivity index (χ2n) is 4.83. The van der Waals surface area contributed by atoms with Gasteiger partial charge < -0.3 is 14.2 Å². The summed E-state index contributed by atoms with van der Waals surface area (Å²) in [6.45, 7) is 2.68. The second-order valence-corrected chi connectivity index (χ2v) is 5.61. The van der Waals surface area contributed by atoms with Crippen LogP contribution in [0, 0.1) is 0 Å². The first-order valence-electron chi connectivity index (χ1n) is 6.68. The Kier molecular flexibility index (Phi) is 4.08. The Bertz CT molecular complexity index is 635. The minimum atomic E-state index is -0.0724. The predicted octanol–water partition coefficient (Wildman–Crippen LogP) is 3.55. The van der Waals surface area contributed by atoms with E-state index in [-0.39, 0.29) is 5.91 Å². The summed E-state index contributed by atoms with van der Waals surface area (Å²) in [5.41, 5.74) is 0.911. The van der Waals surface area contributed by atoms with E-state index in [0.29, 0.717) is 42.0 Å². The molecule has 0 saturated carbocycles. The molecule has 1 amide bonds. The number of benzene rings is 1. The SMILES string of the molecule is O=C(c1ccco1)N1CCN(c2cccc(Cl)c2Cl)CC1. The average Bonchev–Trinajstić information content (AvgIpc) is 3.04. The second kappa shape index (κ2) is 6.00. The lowest BCUT2D eigenvalue weighted by atomic mass is 10.2. The minimum absolute atomic E-state index is 0.0724. The van der Waals surface area contributed by atoms with E-state index in [1.54, 1.807) is 23.1 Å². The van der Waals surface area contributed by atoms with E-state index in [0.717, 1.165) is 5.69 Å². The first-order valence-corrected chi connectivity index (χ1v) is 7.44. The maximum atomic E-state index is 12.2. The Balaban J connectivity index is 1.68. The Morgan fingerprint density at radius 2 is 1.81 bits per heavy atom. The molecule has 1 aliphatic rings. The van der Waals surface area contributed by atoms with E-state index in [4.69, 9.17) is 27.6 Å². The van der Waals surface area contributed by atoms with E-state index in [9.17, 15) is 4.79 Å². The van der Waals surface area contributed by atoms with E-state index < -0.39 is 0 Å².